The second-order valence-corrected chi connectivity index (χ2v) is 0.671. The Kier molecular flexibility index (Phi) is 65.0. The zero-order valence-electron chi connectivity index (χ0n) is 3.32. The van der Waals surface area contributed by atoms with E-state index in [2.05, 4.69) is 0 Å². The molecule has 0 aromatic carbocycles. The summed E-state index contributed by atoms with van der Waals surface area (Å²) in [5.74, 6) is 0. The Morgan fingerprint density at radius 2 is 0.875 bits per heavy atom. The predicted molar refractivity (Wildman–Crippen MR) is 16.6 cm³/mol. The van der Waals surface area contributed by atoms with E-state index in [0.29, 0.717) is 0 Å². The quantitative estimate of drug-likeness (QED) is 0.338. The molecule has 0 amide bonds. The molecule has 1 atom stereocenters. The molecule has 52 valence electrons. The van der Waals surface area contributed by atoms with Crippen LogP contribution in [0.15, 0.2) is 0 Å². The van der Waals surface area contributed by atoms with Gasteiger partial charge in [0, 0.05) is 0 Å². The summed E-state index contributed by atoms with van der Waals surface area (Å²) in [4.78, 5) is 33.6. The van der Waals surface area contributed by atoms with Crippen LogP contribution in [-0.2, 0) is 39.0 Å². The summed E-state index contributed by atoms with van der Waals surface area (Å²) >= 11 is 0. The maximum Gasteiger partial charge on any atom is 3.00 e. The molecule has 0 spiro atoms. The molecule has 0 aromatic rings. The topological polar surface area (TPSA) is 92.2 Å². The van der Waals surface area contributed by atoms with Gasteiger partial charge in [-0.05, 0) is 0 Å². The van der Waals surface area contributed by atoms with E-state index in [1.165, 1.54) is 9.47 Å². The van der Waals surface area contributed by atoms with E-state index in [9.17, 15) is 0 Å². The Morgan fingerprint density at radius 1 is 0.875 bits per heavy atom. The van der Waals surface area contributed by atoms with E-state index in [1.807, 2.05) is 0 Å². The second-order valence-electron chi connectivity index (χ2n) is 0.224. The molecule has 0 aliphatic rings. The Labute approximate surface area is 76.5 Å². The molecule has 0 fully saturated rings. The molecule has 0 N–H and O–H groups in total. The minimum Gasteiger partial charge on any atom is -0.854 e. The van der Waals surface area contributed by atoms with E-state index < -0.39 is 8.60 Å². The third kappa shape index (κ3) is 101. The van der Waals surface area contributed by atoms with Crippen LogP contribution in [0.3, 0.4) is 0 Å². The monoisotopic (exact) mass is 334 g/mol. The largest absolute Gasteiger partial charge is 3.00 e. The van der Waals surface area contributed by atoms with Gasteiger partial charge in [-0.25, -0.2) is 9.47 Å². The Hall–Kier alpha value is 1.95. The zero-order valence-corrected chi connectivity index (χ0v) is 8.65. The van der Waals surface area contributed by atoms with Crippen molar-refractivity contribution >= 4 is 18.1 Å². The van der Waals surface area contributed by atoms with E-state index in [4.69, 9.17) is 19.6 Å². The minimum absolute atomic E-state index is 0. The van der Waals surface area contributed by atoms with Gasteiger partial charge in [0.05, 0.1) is 0 Å². The molecular weight excluding hydrogens is 332 g/mol. The van der Waals surface area contributed by atoms with Crippen molar-refractivity contribution in [2.24, 2.45) is 0 Å². The van der Waals surface area contributed by atoms with Gasteiger partial charge in [0.25, 0.3) is 0 Å². The second kappa shape index (κ2) is 23.1. The van der Waals surface area contributed by atoms with Crippen LogP contribution >= 0.6 is 18.1 Å². The van der Waals surface area contributed by atoms with Crippen molar-refractivity contribution in [3.63, 3.8) is 0 Å². The molecule has 0 radical (unpaired) electrons. The fraction of sp³-hybridized carbons (Fsp3) is 0. The van der Waals surface area contributed by atoms with Crippen molar-refractivity contribution in [3.05, 3.63) is 0 Å². The average molecular weight is 334 g/mol. The van der Waals surface area contributed by atoms with Crippen LogP contribution < -0.4 is 19.6 Å². The van der Waals surface area contributed by atoms with Gasteiger partial charge in [-0.1, -0.05) is 0 Å². The number of hydrogen-bond donors (Lipinski definition) is 0. The van der Waals surface area contributed by atoms with Gasteiger partial charge in [-0.3, -0.25) is 0 Å². The maximum absolute atomic E-state index is 8.48. The molecule has 0 aromatic heterocycles. The van der Waals surface area contributed by atoms with Crippen molar-refractivity contribution in [1.82, 2.24) is 0 Å². The van der Waals surface area contributed by atoms with Crippen LogP contribution in [0.25, 0.3) is 0 Å². The third-order valence-corrected chi connectivity index (χ3v) is 0. The predicted octanol–water partition coefficient (Wildman–Crippen LogP) is -3.57. The van der Waals surface area contributed by atoms with E-state index in [-0.39, 0.29) is 39.0 Å². The standard InChI is InChI=1S/O3P.H2OP.2Rh/c1-4(2)3;1-2;;/h;2H2;;/q-3;-1;2*+3. The van der Waals surface area contributed by atoms with Gasteiger partial charge in [-0.2, -0.15) is 0 Å². The van der Waals surface area contributed by atoms with Gasteiger partial charge in [0.1, 0.15) is 0 Å². The van der Waals surface area contributed by atoms with Crippen LogP contribution in [-0.4, -0.2) is 0 Å². The first kappa shape index (κ1) is 22.5. The Morgan fingerprint density at radius 3 is 0.875 bits per heavy atom. The molecule has 0 aliphatic heterocycles. The minimum atomic E-state index is -3.37. The van der Waals surface area contributed by atoms with E-state index in [1.54, 1.807) is 0 Å². The summed E-state index contributed by atoms with van der Waals surface area (Å²) in [5.41, 5.74) is 0. The molecule has 0 saturated heterocycles. The molecule has 4 nitrogen and oxygen atoms in total. The fourth-order valence-corrected chi connectivity index (χ4v) is 0. The molecule has 0 rings (SSSR count). The van der Waals surface area contributed by atoms with Gasteiger partial charge < -0.3 is 28.2 Å². The van der Waals surface area contributed by atoms with E-state index >= 15 is 0 Å². The summed E-state index contributed by atoms with van der Waals surface area (Å²) in [5, 5.41) is 0. The van der Waals surface area contributed by atoms with Crippen molar-refractivity contribution < 1.29 is 58.5 Å². The Balaban J connectivity index is -0.0000000183. The van der Waals surface area contributed by atoms with Gasteiger partial charge in [0.2, 0.25) is 0 Å². The van der Waals surface area contributed by atoms with Crippen LogP contribution in [0, 0.1) is 0 Å². The van der Waals surface area contributed by atoms with Crippen LogP contribution in [0.5, 0.6) is 0 Å². The molecule has 8 heteroatoms. The fourth-order valence-electron chi connectivity index (χ4n) is 0. The maximum atomic E-state index is 8.48. The summed E-state index contributed by atoms with van der Waals surface area (Å²) in [6.45, 7) is 0. The van der Waals surface area contributed by atoms with Crippen LogP contribution in [0.2, 0.25) is 0 Å². The van der Waals surface area contributed by atoms with Crippen molar-refractivity contribution in [3.8, 4) is 0 Å². The zero-order chi connectivity index (χ0) is 5.58. The van der Waals surface area contributed by atoms with Crippen molar-refractivity contribution in [2.45, 2.75) is 0 Å². The number of rotatable bonds is 0. The molecule has 1 unspecified atom stereocenters. The Bertz CT molecular complexity index is 16.8. The van der Waals surface area contributed by atoms with Crippen LogP contribution in [0.1, 0.15) is 0 Å². The first-order valence-corrected chi connectivity index (χ1v) is 2.35. The van der Waals surface area contributed by atoms with Crippen molar-refractivity contribution in [2.75, 3.05) is 0 Å². The summed E-state index contributed by atoms with van der Waals surface area (Å²) < 4.78 is 0. The summed E-state index contributed by atoms with van der Waals surface area (Å²) in [6.07, 6.45) is 0. The molecular formula is H2O4P2Rh2+2. The SMILES string of the molecule is [O-]P.[O-]P([O-])[O-].[Rh+3].[Rh+3]. The summed E-state index contributed by atoms with van der Waals surface area (Å²) in [6, 6.07) is 0. The first-order valence-electron chi connectivity index (χ1n) is 0.783. The summed E-state index contributed by atoms with van der Waals surface area (Å²) in [7, 11) is -2.20. The normalized spacial score (nSPS) is 5.25. The van der Waals surface area contributed by atoms with Crippen LogP contribution in [0.4, 0.5) is 0 Å². The van der Waals surface area contributed by atoms with E-state index in [0.717, 1.165) is 0 Å². The van der Waals surface area contributed by atoms with Gasteiger partial charge >= 0.3 is 39.0 Å². The third-order valence-electron chi connectivity index (χ3n) is 0. The van der Waals surface area contributed by atoms with Gasteiger partial charge in [-0.15, -0.1) is 0 Å². The molecule has 8 heavy (non-hydrogen) atoms. The van der Waals surface area contributed by atoms with Crippen molar-refractivity contribution in [1.29, 1.82) is 0 Å². The molecule has 0 heterocycles. The molecule has 0 bridgehead atoms. The smallest absolute Gasteiger partial charge is 0.854 e. The average Bonchev–Trinajstić information content (AvgIpc) is 1.41. The first-order chi connectivity index (χ1) is 2.73. The molecule has 0 aliphatic carbocycles. The molecule has 0 saturated carbocycles. The number of hydrogen-bond acceptors (Lipinski definition) is 4. The van der Waals surface area contributed by atoms with Gasteiger partial charge in [0.15, 0.2) is 0 Å².